The van der Waals surface area contributed by atoms with Crippen LogP contribution in [0.25, 0.3) is 0 Å². The molecular weight excluding hydrogens is 365 g/mol. The van der Waals surface area contributed by atoms with Gasteiger partial charge in [0.1, 0.15) is 5.82 Å². The highest BCUT2D eigenvalue weighted by Gasteiger charge is 2.16. The summed E-state index contributed by atoms with van der Waals surface area (Å²) in [6, 6.07) is 7.94. The summed E-state index contributed by atoms with van der Waals surface area (Å²) in [5.74, 6) is -2.71. The van der Waals surface area contributed by atoms with Crippen LogP contribution in [-0.2, 0) is 0 Å². The number of benzene rings is 2. The zero-order chi connectivity index (χ0) is 15.6. The van der Waals surface area contributed by atoms with Gasteiger partial charge in [-0.3, -0.25) is 4.79 Å². The van der Waals surface area contributed by atoms with Gasteiger partial charge in [-0.05, 0) is 36.4 Å². The second kappa shape index (κ2) is 6.24. The van der Waals surface area contributed by atoms with Gasteiger partial charge in [-0.2, -0.15) is 0 Å². The Hall–Kier alpha value is -1.92. The molecule has 0 saturated heterocycles. The maximum Gasteiger partial charge on any atom is 0.337 e. The minimum absolute atomic E-state index is 0.0409. The van der Waals surface area contributed by atoms with Gasteiger partial charge in [-0.25, -0.2) is 9.18 Å². The summed E-state index contributed by atoms with van der Waals surface area (Å²) in [5.41, 5.74) is -0.322. The average molecular weight is 373 g/mol. The number of hydrogen-bond acceptors (Lipinski definition) is 2. The van der Waals surface area contributed by atoms with Gasteiger partial charge in [0.2, 0.25) is 0 Å². The Morgan fingerprint density at radius 1 is 1.14 bits per heavy atom. The molecule has 0 spiro atoms. The van der Waals surface area contributed by atoms with E-state index in [-0.39, 0.29) is 21.8 Å². The molecule has 0 radical (unpaired) electrons. The van der Waals surface area contributed by atoms with Crippen LogP contribution in [0.3, 0.4) is 0 Å². The molecule has 0 bridgehead atoms. The maximum absolute atomic E-state index is 13.7. The monoisotopic (exact) mass is 371 g/mol. The molecule has 0 atom stereocenters. The largest absolute Gasteiger partial charge is 0.478 e. The zero-order valence-electron chi connectivity index (χ0n) is 10.4. The van der Waals surface area contributed by atoms with E-state index in [1.54, 1.807) is 0 Å². The van der Waals surface area contributed by atoms with Crippen molar-refractivity contribution < 1.29 is 19.1 Å². The molecule has 4 nitrogen and oxygen atoms in total. The molecule has 2 rings (SSSR count). The third-order valence-corrected chi connectivity index (χ3v) is 3.36. The lowest BCUT2D eigenvalue weighted by molar-refractivity contribution is 0.0698. The molecule has 0 heterocycles. The lowest BCUT2D eigenvalue weighted by atomic mass is 10.1. The van der Waals surface area contributed by atoms with Gasteiger partial charge < -0.3 is 10.4 Å². The number of rotatable bonds is 3. The topological polar surface area (TPSA) is 66.4 Å². The molecule has 2 aromatic carbocycles. The molecule has 1 amide bonds. The number of carbonyl (C=O) groups is 2. The van der Waals surface area contributed by atoms with Crippen molar-refractivity contribution in [3.8, 4) is 0 Å². The van der Waals surface area contributed by atoms with Crippen LogP contribution >= 0.6 is 27.5 Å². The van der Waals surface area contributed by atoms with Crippen LogP contribution in [0.5, 0.6) is 0 Å². The van der Waals surface area contributed by atoms with E-state index in [0.29, 0.717) is 4.47 Å². The Morgan fingerprint density at radius 3 is 2.48 bits per heavy atom. The first kappa shape index (κ1) is 15.5. The molecule has 0 aliphatic carbocycles. The quantitative estimate of drug-likeness (QED) is 0.849. The second-order valence-corrected chi connectivity index (χ2v) is 5.43. The highest BCUT2D eigenvalue weighted by molar-refractivity contribution is 9.10. The van der Waals surface area contributed by atoms with Gasteiger partial charge in [-0.1, -0.05) is 27.5 Å². The van der Waals surface area contributed by atoms with Crippen molar-refractivity contribution in [2.75, 3.05) is 5.32 Å². The first-order chi connectivity index (χ1) is 9.88. The smallest absolute Gasteiger partial charge is 0.337 e. The molecule has 108 valence electrons. The highest BCUT2D eigenvalue weighted by atomic mass is 79.9. The number of aromatic carboxylic acids is 1. The summed E-state index contributed by atoms with van der Waals surface area (Å²) >= 11 is 8.80. The molecule has 0 aromatic heterocycles. The van der Waals surface area contributed by atoms with Crippen LogP contribution < -0.4 is 5.32 Å². The van der Waals surface area contributed by atoms with E-state index in [1.807, 2.05) is 0 Å². The Labute approximate surface area is 132 Å². The van der Waals surface area contributed by atoms with Crippen LogP contribution in [0.15, 0.2) is 40.9 Å². The number of halogens is 3. The van der Waals surface area contributed by atoms with Crippen LogP contribution in [0.1, 0.15) is 20.7 Å². The molecule has 0 unspecified atom stereocenters. The van der Waals surface area contributed by atoms with E-state index < -0.39 is 17.7 Å². The van der Waals surface area contributed by atoms with Crippen molar-refractivity contribution in [1.82, 2.24) is 0 Å². The molecule has 0 saturated carbocycles. The number of amides is 1. The van der Waals surface area contributed by atoms with Crippen molar-refractivity contribution in [3.63, 3.8) is 0 Å². The van der Waals surface area contributed by atoms with Crippen molar-refractivity contribution in [2.45, 2.75) is 0 Å². The number of carboxylic acids is 1. The second-order valence-electron chi connectivity index (χ2n) is 4.07. The molecule has 2 aromatic rings. The van der Waals surface area contributed by atoms with Gasteiger partial charge in [-0.15, -0.1) is 0 Å². The van der Waals surface area contributed by atoms with Crippen molar-refractivity contribution in [3.05, 3.63) is 62.8 Å². The Kier molecular flexibility index (Phi) is 4.59. The molecule has 7 heteroatoms. The Bertz CT molecular complexity index is 736. The van der Waals surface area contributed by atoms with Gasteiger partial charge in [0.15, 0.2) is 0 Å². The fourth-order valence-electron chi connectivity index (χ4n) is 1.67. The van der Waals surface area contributed by atoms with Crippen LogP contribution in [0, 0.1) is 5.82 Å². The van der Waals surface area contributed by atoms with Crippen molar-refractivity contribution in [2.24, 2.45) is 0 Å². The Balaban J connectivity index is 2.34. The minimum Gasteiger partial charge on any atom is -0.478 e. The Morgan fingerprint density at radius 2 is 1.86 bits per heavy atom. The van der Waals surface area contributed by atoms with E-state index >= 15 is 0 Å². The number of carbonyl (C=O) groups excluding carboxylic acids is 1. The van der Waals surface area contributed by atoms with E-state index in [1.165, 1.54) is 30.3 Å². The van der Waals surface area contributed by atoms with Crippen LogP contribution in [0.4, 0.5) is 10.1 Å². The molecule has 0 aliphatic rings. The van der Waals surface area contributed by atoms with Crippen LogP contribution in [-0.4, -0.2) is 17.0 Å². The fourth-order valence-corrected chi connectivity index (χ4v) is 2.17. The third-order valence-electron chi connectivity index (χ3n) is 2.64. The summed E-state index contributed by atoms with van der Waals surface area (Å²) < 4.78 is 14.2. The number of carboxylic acid groups (broad SMARTS) is 1. The maximum atomic E-state index is 13.7. The van der Waals surface area contributed by atoms with Crippen molar-refractivity contribution in [1.29, 1.82) is 0 Å². The number of anilines is 1. The van der Waals surface area contributed by atoms with Gasteiger partial charge in [0.05, 0.1) is 16.8 Å². The fraction of sp³-hybridized carbons (Fsp3) is 0. The zero-order valence-corrected chi connectivity index (χ0v) is 12.7. The number of hydrogen-bond donors (Lipinski definition) is 2. The third kappa shape index (κ3) is 3.59. The van der Waals surface area contributed by atoms with Crippen LogP contribution in [0.2, 0.25) is 5.02 Å². The average Bonchev–Trinajstić information content (AvgIpc) is 2.40. The van der Waals surface area contributed by atoms with Gasteiger partial charge in [0.25, 0.3) is 5.91 Å². The highest BCUT2D eigenvalue weighted by Crippen LogP contribution is 2.22. The molecule has 0 fully saturated rings. The summed E-state index contributed by atoms with van der Waals surface area (Å²) in [6.45, 7) is 0. The molecule has 2 N–H and O–H groups in total. The van der Waals surface area contributed by atoms with E-state index in [2.05, 4.69) is 21.2 Å². The normalized spacial score (nSPS) is 10.2. The predicted molar refractivity (Wildman–Crippen MR) is 80.5 cm³/mol. The summed E-state index contributed by atoms with van der Waals surface area (Å²) in [4.78, 5) is 23.1. The molecule has 0 aliphatic heterocycles. The van der Waals surface area contributed by atoms with Crippen molar-refractivity contribution >= 4 is 45.1 Å². The minimum atomic E-state index is -1.25. The van der Waals surface area contributed by atoms with Gasteiger partial charge >= 0.3 is 5.97 Å². The lowest BCUT2D eigenvalue weighted by Gasteiger charge is -2.09. The predicted octanol–water partition coefficient (Wildman–Crippen LogP) is 4.19. The SMILES string of the molecule is O=C(Nc1ccc(Cl)cc1C(=O)O)c1ccc(Br)cc1F. The number of nitrogens with one attached hydrogen (secondary N) is 1. The van der Waals surface area contributed by atoms with E-state index in [0.717, 1.165) is 6.07 Å². The summed E-state index contributed by atoms with van der Waals surface area (Å²) in [5, 5.41) is 11.7. The standard InChI is InChI=1S/C14H8BrClFNO3/c15-7-1-3-9(11(17)5-7)13(19)18-12-4-2-8(16)6-10(12)14(20)21/h1-6H,(H,18,19)(H,20,21). The first-order valence-corrected chi connectivity index (χ1v) is 6.85. The molecule has 21 heavy (non-hydrogen) atoms. The first-order valence-electron chi connectivity index (χ1n) is 5.67. The summed E-state index contributed by atoms with van der Waals surface area (Å²) in [6.07, 6.45) is 0. The van der Waals surface area contributed by atoms with E-state index in [4.69, 9.17) is 16.7 Å². The van der Waals surface area contributed by atoms with E-state index in [9.17, 15) is 14.0 Å². The summed E-state index contributed by atoms with van der Waals surface area (Å²) in [7, 11) is 0. The molecular formula is C14H8BrClFNO3. The van der Waals surface area contributed by atoms with Gasteiger partial charge in [0, 0.05) is 9.50 Å². The lowest BCUT2D eigenvalue weighted by Crippen LogP contribution is -2.16.